The highest BCUT2D eigenvalue weighted by Crippen LogP contribution is 2.44. The van der Waals surface area contributed by atoms with Crippen LogP contribution in [-0.2, 0) is 5.54 Å². The zero-order chi connectivity index (χ0) is 20.0. The van der Waals surface area contributed by atoms with Crippen molar-refractivity contribution in [2.24, 2.45) is 11.8 Å². The summed E-state index contributed by atoms with van der Waals surface area (Å²) in [5.41, 5.74) is 0.834. The molecule has 0 aromatic carbocycles. The van der Waals surface area contributed by atoms with Crippen LogP contribution in [0.15, 0.2) is 16.7 Å². The first-order valence-electron chi connectivity index (χ1n) is 10.8. The highest BCUT2D eigenvalue weighted by Gasteiger charge is 2.40. The normalized spacial score (nSPS) is 20.9. The molecule has 2 aromatic heterocycles. The van der Waals surface area contributed by atoms with Crippen LogP contribution >= 0.6 is 0 Å². The number of ether oxygens (including phenoxy) is 1. The van der Waals surface area contributed by atoms with E-state index < -0.39 is 5.54 Å². The van der Waals surface area contributed by atoms with Crippen molar-refractivity contribution in [3.63, 3.8) is 0 Å². The van der Waals surface area contributed by atoms with Crippen LogP contribution in [0.5, 0.6) is 5.88 Å². The summed E-state index contributed by atoms with van der Waals surface area (Å²) in [7, 11) is 0. The summed E-state index contributed by atoms with van der Waals surface area (Å²) in [4.78, 5) is 22.1. The maximum Gasteiger partial charge on any atom is 0.270 e. The van der Waals surface area contributed by atoms with Crippen LogP contribution < -0.4 is 10.1 Å². The Kier molecular flexibility index (Phi) is 4.56. The molecule has 7 nitrogen and oxygen atoms in total. The average Bonchev–Trinajstić information content (AvgIpc) is 3.56. The summed E-state index contributed by atoms with van der Waals surface area (Å²) in [6, 6.07) is 3.82. The molecular formula is C22H28N4O3. The maximum atomic E-state index is 13.1. The molecule has 0 saturated heterocycles. The minimum Gasteiger partial charge on any atom is -0.477 e. The van der Waals surface area contributed by atoms with Crippen molar-refractivity contribution in [1.82, 2.24) is 20.4 Å². The van der Waals surface area contributed by atoms with Gasteiger partial charge in [0.05, 0.1) is 6.61 Å². The smallest absolute Gasteiger partial charge is 0.270 e. The molecule has 0 unspecified atom stereocenters. The Hall–Kier alpha value is -2.44. The molecule has 1 atom stereocenters. The molecule has 0 aliphatic heterocycles. The Labute approximate surface area is 170 Å². The van der Waals surface area contributed by atoms with Crippen molar-refractivity contribution in [2.75, 3.05) is 6.61 Å². The maximum absolute atomic E-state index is 13.1. The molecule has 7 heteroatoms. The fourth-order valence-electron chi connectivity index (χ4n) is 3.82. The van der Waals surface area contributed by atoms with E-state index in [1.165, 1.54) is 38.5 Å². The second-order valence-corrected chi connectivity index (χ2v) is 9.19. The Morgan fingerprint density at radius 2 is 1.93 bits per heavy atom. The predicted molar refractivity (Wildman–Crippen MR) is 106 cm³/mol. The highest BCUT2D eigenvalue weighted by molar-refractivity contribution is 5.93. The average molecular weight is 396 g/mol. The summed E-state index contributed by atoms with van der Waals surface area (Å²) < 4.78 is 11.2. The van der Waals surface area contributed by atoms with Gasteiger partial charge in [0.1, 0.15) is 11.2 Å². The van der Waals surface area contributed by atoms with Gasteiger partial charge in [-0.25, -0.2) is 4.98 Å². The first kappa shape index (κ1) is 18.6. The van der Waals surface area contributed by atoms with Gasteiger partial charge in [-0.3, -0.25) is 4.79 Å². The van der Waals surface area contributed by atoms with Crippen LogP contribution in [-0.4, -0.2) is 27.6 Å². The minimum absolute atomic E-state index is 0.228. The summed E-state index contributed by atoms with van der Waals surface area (Å²) in [5, 5.41) is 7.23. The molecule has 3 fully saturated rings. The third-order valence-corrected chi connectivity index (χ3v) is 6.10. The van der Waals surface area contributed by atoms with E-state index in [2.05, 4.69) is 20.4 Å². The van der Waals surface area contributed by atoms with Gasteiger partial charge >= 0.3 is 0 Å². The second-order valence-electron chi connectivity index (χ2n) is 9.19. The minimum atomic E-state index is -0.679. The molecule has 3 saturated carbocycles. The Balaban J connectivity index is 1.37. The van der Waals surface area contributed by atoms with Gasteiger partial charge in [-0.1, -0.05) is 24.1 Å². The van der Waals surface area contributed by atoms with Crippen molar-refractivity contribution in [3.8, 4) is 5.88 Å². The Morgan fingerprint density at radius 1 is 1.17 bits per heavy atom. The van der Waals surface area contributed by atoms with Crippen molar-refractivity contribution < 1.29 is 14.1 Å². The largest absolute Gasteiger partial charge is 0.477 e. The van der Waals surface area contributed by atoms with E-state index in [9.17, 15) is 4.79 Å². The van der Waals surface area contributed by atoms with Crippen molar-refractivity contribution in [3.05, 3.63) is 35.1 Å². The van der Waals surface area contributed by atoms with Crippen LogP contribution in [0, 0.1) is 18.8 Å². The number of aryl methyl sites for hydroxylation is 1. The SMILES string of the molecule is Cc1nc([C@](C)(CC2CC2)NC(=O)c2ccc(C3CC3)c(OCC3CC3)n2)no1. The molecule has 2 aromatic rings. The first-order valence-corrected chi connectivity index (χ1v) is 10.8. The number of pyridine rings is 1. The van der Waals surface area contributed by atoms with Crippen LogP contribution in [0.25, 0.3) is 0 Å². The zero-order valence-electron chi connectivity index (χ0n) is 17.1. The molecule has 0 radical (unpaired) electrons. The van der Waals surface area contributed by atoms with Gasteiger partial charge < -0.3 is 14.6 Å². The van der Waals surface area contributed by atoms with Gasteiger partial charge in [0, 0.05) is 12.5 Å². The van der Waals surface area contributed by atoms with Gasteiger partial charge in [0.2, 0.25) is 11.8 Å². The lowest BCUT2D eigenvalue weighted by molar-refractivity contribution is 0.0883. The molecule has 29 heavy (non-hydrogen) atoms. The molecular weight excluding hydrogens is 368 g/mol. The summed E-state index contributed by atoms with van der Waals surface area (Å²) in [5.74, 6) is 3.18. The van der Waals surface area contributed by atoms with Gasteiger partial charge in [-0.2, -0.15) is 4.98 Å². The lowest BCUT2D eigenvalue weighted by Gasteiger charge is -2.27. The molecule has 0 spiro atoms. The number of nitrogens with one attached hydrogen (secondary N) is 1. The predicted octanol–water partition coefficient (Wildman–Crippen LogP) is 3.88. The number of carbonyl (C=O) groups is 1. The standard InChI is InChI=1S/C22H28N4O3/c1-13-23-21(26-29-13)22(2,11-14-3-4-14)25-19(27)18-10-9-17(16-7-8-16)20(24-18)28-12-15-5-6-15/h9-10,14-16H,3-8,11-12H2,1-2H3,(H,25,27)/t22-/m0/s1. The van der Waals surface area contributed by atoms with E-state index in [0.29, 0.717) is 47.6 Å². The van der Waals surface area contributed by atoms with E-state index >= 15 is 0 Å². The van der Waals surface area contributed by atoms with Crippen molar-refractivity contribution >= 4 is 5.91 Å². The highest BCUT2D eigenvalue weighted by atomic mass is 16.5. The summed E-state index contributed by atoms with van der Waals surface area (Å²) in [6.45, 7) is 4.42. The van der Waals surface area contributed by atoms with Gasteiger partial charge in [-0.15, -0.1) is 0 Å². The number of amides is 1. The molecule has 5 rings (SSSR count). The number of aromatic nitrogens is 3. The van der Waals surface area contributed by atoms with Crippen LogP contribution in [0.2, 0.25) is 0 Å². The number of carbonyl (C=O) groups excluding carboxylic acids is 1. The molecule has 3 aliphatic rings. The quantitative estimate of drug-likeness (QED) is 0.692. The van der Waals surface area contributed by atoms with Crippen LogP contribution in [0.1, 0.15) is 85.6 Å². The van der Waals surface area contributed by atoms with Crippen LogP contribution in [0.3, 0.4) is 0 Å². The third kappa shape index (κ3) is 4.28. The number of rotatable bonds is 9. The summed E-state index contributed by atoms with van der Waals surface area (Å²) in [6.07, 6.45) is 7.94. The van der Waals surface area contributed by atoms with E-state index in [0.717, 1.165) is 12.0 Å². The lowest BCUT2D eigenvalue weighted by atomic mass is 9.93. The molecule has 1 amide bonds. The van der Waals surface area contributed by atoms with E-state index in [4.69, 9.17) is 9.26 Å². The van der Waals surface area contributed by atoms with Gasteiger partial charge in [-0.05, 0) is 62.8 Å². The molecule has 0 bridgehead atoms. The van der Waals surface area contributed by atoms with E-state index in [1.807, 2.05) is 19.1 Å². The monoisotopic (exact) mass is 396 g/mol. The second kappa shape index (κ2) is 7.11. The molecule has 3 aliphatic carbocycles. The van der Waals surface area contributed by atoms with Crippen LogP contribution in [0.4, 0.5) is 0 Å². The Bertz CT molecular complexity index is 915. The Morgan fingerprint density at radius 3 is 2.55 bits per heavy atom. The first-order chi connectivity index (χ1) is 14.0. The third-order valence-electron chi connectivity index (χ3n) is 6.10. The van der Waals surface area contributed by atoms with E-state index in [1.54, 1.807) is 6.92 Å². The topological polar surface area (TPSA) is 90.1 Å². The molecule has 1 N–H and O–H groups in total. The number of hydrogen-bond donors (Lipinski definition) is 1. The van der Waals surface area contributed by atoms with Gasteiger partial charge in [0.15, 0.2) is 5.82 Å². The van der Waals surface area contributed by atoms with E-state index in [-0.39, 0.29) is 5.91 Å². The van der Waals surface area contributed by atoms with Crippen molar-refractivity contribution in [2.45, 2.75) is 70.3 Å². The fourth-order valence-corrected chi connectivity index (χ4v) is 3.82. The van der Waals surface area contributed by atoms with Gasteiger partial charge in [0.25, 0.3) is 5.91 Å². The molecule has 154 valence electrons. The number of hydrogen-bond acceptors (Lipinski definition) is 6. The molecule has 2 heterocycles. The van der Waals surface area contributed by atoms with Crippen molar-refractivity contribution in [1.29, 1.82) is 0 Å². The summed E-state index contributed by atoms with van der Waals surface area (Å²) >= 11 is 0. The number of nitrogens with zero attached hydrogens (tertiary/aromatic N) is 3. The zero-order valence-corrected chi connectivity index (χ0v) is 17.1. The lowest BCUT2D eigenvalue weighted by Crippen LogP contribution is -2.45. The fraction of sp³-hybridized carbons (Fsp3) is 0.636.